The highest BCUT2D eigenvalue weighted by atomic mass is 16.7. The number of carbonyl (C=O) groups excluding carboxylic acids is 1. The number of nitrogens with zero attached hydrogens (tertiary/aromatic N) is 1. The largest absolute Gasteiger partial charge is 0.356 e. The molecule has 0 heterocycles. The van der Waals surface area contributed by atoms with E-state index in [2.05, 4.69) is 6.08 Å². The van der Waals surface area contributed by atoms with Gasteiger partial charge >= 0.3 is 0 Å². The van der Waals surface area contributed by atoms with Crippen molar-refractivity contribution in [2.75, 3.05) is 20.8 Å². The van der Waals surface area contributed by atoms with Gasteiger partial charge in [-0.3, -0.25) is 4.79 Å². The first-order valence-electron chi connectivity index (χ1n) is 6.77. The lowest BCUT2D eigenvalue weighted by atomic mass is 10.0. The Bertz CT molecular complexity index is 312. The smallest absolute Gasteiger partial charge is 0.213 e. The van der Waals surface area contributed by atoms with Gasteiger partial charge in [-0.05, 0) is 37.5 Å². The lowest BCUT2D eigenvalue weighted by molar-refractivity contribution is -0.118. The Morgan fingerprint density at radius 2 is 2.22 bits per heavy atom. The molecule has 2 rings (SSSR count). The van der Waals surface area contributed by atoms with Crippen LogP contribution in [0.5, 0.6) is 0 Å². The van der Waals surface area contributed by atoms with Gasteiger partial charge < -0.3 is 14.4 Å². The Morgan fingerprint density at radius 3 is 2.72 bits per heavy atom. The molecule has 2 aliphatic carbocycles. The Morgan fingerprint density at radius 1 is 1.44 bits per heavy atom. The van der Waals surface area contributed by atoms with Crippen molar-refractivity contribution in [3.05, 3.63) is 11.8 Å². The van der Waals surface area contributed by atoms with E-state index >= 15 is 0 Å². The van der Waals surface area contributed by atoms with Gasteiger partial charge in [0, 0.05) is 32.9 Å². The zero-order chi connectivity index (χ0) is 13.0. The molecule has 0 aromatic heterocycles. The molecule has 0 aromatic carbocycles. The Balaban J connectivity index is 1.80. The summed E-state index contributed by atoms with van der Waals surface area (Å²) in [7, 11) is 3.29. The summed E-state index contributed by atoms with van der Waals surface area (Å²) >= 11 is 0. The van der Waals surface area contributed by atoms with E-state index in [1.54, 1.807) is 14.2 Å². The maximum atomic E-state index is 11.2. The molecule has 2 bridgehead atoms. The molecule has 0 aromatic rings. The predicted molar refractivity (Wildman–Crippen MR) is 68.7 cm³/mol. The van der Waals surface area contributed by atoms with Crippen LogP contribution < -0.4 is 0 Å². The van der Waals surface area contributed by atoms with E-state index in [4.69, 9.17) is 9.47 Å². The van der Waals surface area contributed by atoms with Crippen LogP contribution >= 0.6 is 0 Å². The number of amides is 1. The second-order valence-electron chi connectivity index (χ2n) is 5.20. The van der Waals surface area contributed by atoms with Crippen LogP contribution in [-0.2, 0) is 14.3 Å². The number of rotatable bonds is 8. The predicted octanol–water partition coefficient (Wildman–Crippen LogP) is 2.16. The molecule has 0 aliphatic heterocycles. The maximum absolute atomic E-state index is 11.2. The van der Waals surface area contributed by atoms with Crippen molar-refractivity contribution in [1.29, 1.82) is 0 Å². The lowest BCUT2D eigenvalue weighted by Crippen LogP contribution is -2.27. The number of hydrogen-bond acceptors (Lipinski definition) is 3. The molecule has 2 aliphatic rings. The second-order valence-corrected chi connectivity index (χ2v) is 5.20. The fourth-order valence-electron chi connectivity index (χ4n) is 3.15. The summed E-state index contributed by atoms with van der Waals surface area (Å²) in [5.74, 6) is 1.35. The molecular formula is C14H23NO3. The molecule has 4 nitrogen and oxygen atoms in total. The summed E-state index contributed by atoms with van der Waals surface area (Å²) in [6.45, 7) is 0.766. The number of fused-ring (bicyclic) bond motifs is 2. The van der Waals surface area contributed by atoms with Gasteiger partial charge in [-0.1, -0.05) is 6.08 Å². The van der Waals surface area contributed by atoms with Gasteiger partial charge in [0.25, 0.3) is 0 Å². The molecule has 0 spiro atoms. The number of allylic oxidation sites excluding steroid dienone is 2. The third kappa shape index (κ3) is 2.93. The van der Waals surface area contributed by atoms with Gasteiger partial charge in [0.2, 0.25) is 6.41 Å². The van der Waals surface area contributed by atoms with E-state index in [1.165, 1.54) is 25.0 Å². The summed E-state index contributed by atoms with van der Waals surface area (Å²) in [5.41, 5.74) is 1.26. The van der Waals surface area contributed by atoms with E-state index < -0.39 is 0 Å². The Kier molecular flexibility index (Phi) is 4.78. The van der Waals surface area contributed by atoms with Gasteiger partial charge in [0.15, 0.2) is 6.29 Å². The Hall–Kier alpha value is -0.870. The number of hydrogen-bond donors (Lipinski definition) is 0. The van der Waals surface area contributed by atoms with Crippen LogP contribution in [0.4, 0.5) is 0 Å². The van der Waals surface area contributed by atoms with Crippen molar-refractivity contribution in [1.82, 2.24) is 4.90 Å². The van der Waals surface area contributed by atoms with Gasteiger partial charge in [-0.2, -0.15) is 0 Å². The molecule has 1 amide bonds. The van der Waals surface area contributed by atoms with Crippen molar-refractivity contribution in [2.24, 2.45) is 11.8 Å². The summed E-state index contributed by atoms with van der Waals surface area (Å²) in [6, 6.07) is 0. The first-order chi connectivity index (χ1) is 8.78. The van der Waals surface area contributed by atoms with Crippen LogP contribution in [0.25, 0.3) is 0 Å². The molecule has 1 saturated carbocycles. The van der Waals surface area contributed by atoms with Crippen LogP contribution in [0.3, 0.4) is 0 Å². The summed E-state index contributed by atoms with van der Waals surface area (Å²) in [5, 5.41) is 0. The quantitative estimate of drug-likeness (QED) is 0.491. The highest BCUT2D eigenvalue weighted by Gasteiger charge is 2.35. The molecule has 102 valence electrons. The third-order valence-corrected chi connectivity index (χ3v) is 4.12. The minimum Gasteiger partial charge on any atom is -0.356 e. The standard InChI is InChI=1S/C14H23NO3/c1-17-14(18-2)4-3-7-15(10-16)13-9-11-5-6-12(13)8-11/h9-12,14H,3-8H2,1-2H3/t11?,12-/m0/s1. The lowest BCUT2D eigenvalue weighted by Gasteiger charge is -2.25. The number of ether oxygens (including phenoxy) is 2. The third-order valence-electron chi connectivity index (χ3n) is 4.12. The van der Waals surface area contributed by atoms with Gasteiger partial charge in [-0.15, -0.1) is 0 Å². The van der Waals surface area contributed by atoms with E-state index in [0.717, 1.165) is 31.7 Å². The minimum atomic E-state index is -0.160. The molecule has 1 unspecified atom stereocenters. The highest BCUT2D eigenvalue weighted by molar-refractivity contribution is 5.52. The summed E-state index contributed by atoms with van der Waals surface area (Å²) in [4.78, 5) is 13.1. The molecular weight excluding hydrogens is 230 g/mol. The fourth-order valence-corrected chi connectivity index (χ4v) is 3.15. The van der Waals surface area contributed by atoms with Crippen LogP contribution in [0.15, 0.2) is 11.8 Å². The van der Waals surface area contributed by atoms with E-state index in [0.29, 0.717) is 5.92 Å². The van der Waals surface area contributed by atoms with E-state index in [9.17, 15) is 4.79 Å². The molecule has 18 heavy (non-hydrogen) atoms. The van der Waals surface area contributed by atoms with Crippen molar-refractivity contribution in [2.45, 2.75) is 38.4 Å². The van der Waals surface area contributed by atoms with Crippen LogP contribution in [0.1, 0.15) is 32.1 Å². The summed E-state index contributed by atoms with van der Waals surface area (Å²) in [6.07, 6.45) is 8.63. The van der Waals surface area contributed by atoms with Crippen molar-refractivity contribution in [3.63, 3.8) is 0 Å². The number of carbonyl (C=O) groups is 1. The Labute approximate surface area is 109 Å². The van der Waals surface area contributed by atoms with Crippen molar-refractivity contribution >= 4 is 6.41 Å². The molecule has 4 heteroatoms. The van der Waals surface area contributed by atoms with Gasteiger partial charge in [-0.25, -0.2) is 0 Å². The van der Waals surface area contributed by atoms with Gasteiger partial charge in [0.05, 0.1) is 0 Å². The monoisotopic (exact) mass is 253 g/mol. The maximum Gasteiger partial charge on any atom is 0.213 e. The van der Waals surface area contributed by atoms with Crippen LogP contribution in [-0.4, -0.2) is 38.4 Å². The van der Waals surface area contributed by atoms with Crippen molar-refractivity contribution in [3.8, 4) is 0 Å². The second kappa shape index (κ2) is 6.34. The molecule has 0 saturated heterocycles. The highest BCUT2D eigenvalue weighted by Crippen LogP contribution is 2.44. The number of methoxy groups -OCH3 is 2. The molecule has 2 atom stereocenters. The fraction of sp³-hybridized carbons (Fsp3) is 0.786. The minimum absolute atomic E-state index is 0.160. The molecule has 0 N–H and O–H groups in total. The van der Waals surface area contributed by atoms with E-state index in [-0.39, 0.29) is 6.29 Å². The van der Waals surface area contributed by atoms with Crippen molar-refractivity contribution < 1.29 is 14.3 Å². The van der Waals surface area contributed by atoms with Gasteiger partial charge in [0.1, 0.15) is 0 Å². The average Bonchev–Trinajstić information content (AvgIpc) is 3.01. The zero-order valence-electron chi connectivity index (χ0n) is 11.3. The van der Waals surface area contributed by atoms with E-state index in [1.807, 2.05) is 4.90 Å². The van der Waals surface area contributed by atoms with Crippen LogP contribution in [0.2, 0.25) is 0 Å². The first kappa shape index (κ1) is 13.6. The molecule has 0 radical (unpaired) electrons. The normalized spacial score (nSPS) is 25.6. The topological polar surface area (TPSA) is 38.8 Å². The summed E-state index contributed by atoms with van der Waals surface area (Å²) < 4.78 is 10.3. The zero-order valence-corrected chi connectivity index (χ0v) is 11.3. The first-order valence-corrected chi connectivity index (χ1v) is 6.77. The molecule has 1 fully saturated rings. The SMILES string of the molecule is COC(CCCN(C=O)C1=CC2CC[C@H]1C2)OC. The average molecular weight is 253 g/mol. The van der Waals surface area contributed by atoms with Crippen LogP contribution in [0, 0.1) is 11.8 Å².